The van der Waals surface area contributed by atoms with Gasteiger partial charge in [-0.3, -0.25) is 0 Å². The molecule has 0 spiro atoms. The molecule has 0 nitrogen and oxygen atoms in total. The topological polar surface area (TPSA) is 0 Å². The van der Waals surface area contributed by atoms with Gasteiger partial charge in [0.25, 0.3) is 0 Å². The Hall–Kier alpha value is -0.950. The van der Waals surface area contributed by atoms with E-state index in [0.717, 1.165) is 6.42 Å². The largest absolute Gasteiger partial charge is 0.106 e. The minimum absolute atomic E-state index is 1.06. The SMILES string of the molecule is C1=CC=C2/C=C\S/C=C\C(=C1)C2. The van der Waals surface area contributed by atoms with Crippen molar-refractivity contribution in [2.24, 2.45) is 0 Å². The van der Waals surface area contributed by atoms with Crippen LogP contribution >= 0.6 is 11.8 Å². The van der Waals surface area contributed by atoms with Gasteiger partial charge in [0, 0.05) is 0 Å². The predicted octanol–water partition coefficient (Wildman–Crippen LogP) is 3.57. The monoisotopic (exact) mass is 174 g/mol. The molecule has 0 saturated carbocycles. The fraction of sp³-hybridized carbons (Fsp3) is 0.0909. The molecule has 0 unspecified atom stereocenters. The van der Waals surface area contributed by atoms with Crippen LogP contribution in [-0.2, 0) is 0 Å². The zero-order valence-electron chi connectivity index (χ0n) is 6.73. The van der Waals surface area contributed by atoms with Crippen LogP contribution in [0.4, 0.5) is 0 Å². The van der Waals surface area contributed by atoms with Crippen LogP contribution < -0.4 is 0 Å². The molecule has 60 valence electrons. The molecule has 0 saturated heterocycles. The lowest BCUT2D eigenvalue weighted by Crippen LogP contribution is -1.82. The van der Waals surface area contributed by atoms with Crippen molar-refractivity contribution in [3.05, 3.63) is 58.4 Å². The van der Waals surface area contributed by atoms with Gasteiger partial charge in [0.05, 0.1) is 0 Å². The zero-order valence-corrected chi connectivity index (χ0v) is 7.55. The van der Waals surface area contributed by atoms with Crippen molar-refractivity contribution in [3.8, 4) is 0 Å². The number of fused-ring (bicyclic) bond motifs is 2. The molecule has 1 heterocycles. The highest BCUT2D eigenvalue weighted by Gasteiger charge is 1.99. The van der Waals surface area contributed by atoms with Crippen LogP contribution in [0, 0.1) is 0 Å². The highest BCUT2D eigenvalue weighted by Crippen LogP contribution is 2.22. The molecule has 0 radical (unpaired) electrons. The highest BCUT2D eigenvalue weighted by molar-refractivity contribution is 8.04. The summed E-state index contributed by atoms with van der Waals surface area (Å²) in [5, 5.41) is 4.25. The molecule has 2 aliphatic rings. The van der Waals surface area contributed by atoms with E-state index in [1.807, 2.05) is 0 Å². The van der Waals surface area contributed by atoms with Crippen molar-refractivity contribution in [2.45, 2.75) is 6.42 Å². The number of hydrogen-bond acceptors (Lipinski definition) is 1. The quantitative estimate of drug-likeness (QED) is 0.541. The first-order valence-electron chi connectivity index (χ1n) is 4.00. The van der Waals surface area contributed by atoms with E-state index in [4.69, 9.17) is 0 Å². The number of hydrogen-bond donors (Lipinski definition) is 0. The van der Waals surface area contributed by atoms with Gasteiger partial charge in [-0.1, -0.05) is 36.5 Å². The van der Waals surface area contributed by atoms with Crippen molar-refractivity contribution in [3.63, 3.8) is 0 Å². The van der Waals surface area contributed by atoms with Gasteiger partial charge < -0.3 is 0 Å². The summed E-state index contributed by atoms with van der Waals surface area (Å²) in [5.74, 6) is 0. The Bertz CT molecular complexity index is 284. The van der Waals surface area contributed by atoms with Gasteiger partial charge in [0.15, 0.2) is 0 Å². The number of allylic oxidation sites excluding steroid dienone is 8. The van der Waals surface area contributed by atoms with Crippen molar-refractivity contribution >= 4 is 11.8 Å². The van der Waals surface area contributed by atoms with E-state index in [0.29, 0.717) is 0 Å². The van der Waals surface area contributed by atoms with E-state index in [1.54, 1.807) is 11.8 Å². The Balaban J connectivity index is 2.38. The summed E-state index contributed by atoms with van der Waals surface area (Å²) in [6.45, 7) is 0. The molecule has 2 bridgehead atoms. The molecule has 1 aliphatic heterocycles. The molecule has 0 amide bonds. The lowest BCUT2D eigenvalue weighted by Gasteiger charge is -2.03. The van der Waals surface area contributed by atoms with Crippen LogP contribution in [0.3, 0.4) is 0 Å². The van der Waals surface area contributed by atoms with E-state index in [-0.39, 0.29) is 0 Å². The van der Waals surface area contributed by atoms with Crippen LogP contribution in [0.1, 0.15) is 6.42 Å². The smallest absolute Gasteiger partial charge is 0.00254 e. The molecular formula is C11H10S. The van der Waals surface area contributed by atoms with E-state index in [9.17, 15) is 0 Å². The summed E-state index contributed by atoms with van der Waals surface area (Å²) < 4.78 is 0. The van der Waals surface area contributed by atoms with Gasteiger partial charge in [0.1, 0.15) is 0 Å². The molecular weight excluding hydrogens is 164 g/mol. The van der Waals surface area contributed by atoms with Crippen LogP contribution in [0.2, 0.25) is 0 Å². The second-order valence-electron chi connectivity index (χ2n) is 2.79. The summed E-state index contributed by atoms with van der Waals surface area (Å²) in [6.07, 6.45) is 13.9. The summed E-state index contributed by atoms with van der Waals surface area (Å²) in [5.41, 5.74) is 2.76. The third kappa shape index (κ3) is 1.80. The average Bonchev–Trinajstić information content (AvgIpc) is 2.25. The lowest BCUT2D eigenvalue weighted by atomic mass is 10.1. The first-order chi connectivity index (χ1) is 5.95. The van der Waals surface area contributed by atoms with Crippen LogP contribution in [0.5, 0.6) is 0 Å². The first kappa shape index (κ1) is 7.69. The van der Waals surface area contributed by atoms with Crippen molar-refractivity contribution in [1.29, 1.82) is 0 Å². The number of thioether (sulfide) groups is 1. The fourth-order valence-corrected chi connectivity index (χ4v) is 1.84. The molecule has 1 aliphatic carbocycles. The fourth-order valence-electron chi connectivity index (χ4n) is 1.24. The molecule has 0 aromatic carbocycles. The van der Waals surface area contributed by atoms with E-state index in [1.165, 1.54) is 11.1 Å². The standard InChI is InChI=1S/C11H10S/c1-2-4-11-6-8-12-7-5-10(3-1)9-11/h1-8H,9H2/b7-5-,8-6-. The van der Waals surface area contributed by atoms with Crippen LogP contribution in [-0.4, -0.2) is 0 Å². The van der Waals surface area contributed by atoms with Gasteiger partial charge >= 0.3 is 0 Å². The minimum atomic E-state index is 1.06. The molecule has 0 atom stereocenters. The maximum Gasteiger partial charge on any atom is -0.00254 e. The molecule has 1 heteroatoms. The maximum atomic E-state index is 2.18. The Labute approximate surface area is 77.1 Å². The highest BCUT2D eigenvalue weighted by atomic mass is 32.2. The zero-order chi connectivity index (χ0) is 8.23. The van der Waals surface area contributed by atoms with Gasteiger partial charge in [-0.2, -0.15) is 0 Å². The van der Waals surface area contributed by atoms with Gasteiger partial charge in [-0.05, 0) is 28.4 Å². The van der Waals surface area contributed by atoms with Crippen molar-refractivity contribution in [2.75, 3.05) is 0 Å². The van der Waals surface area contributed by atoms with Crippen LogP contribution in [0.15, 0.2) is 58.4 Å². The Morgan fingerprint density at radius 1 is 0.917 bits per heavy atom. The molecule has 0 N–H and O–H groups in total. The maximum absolute atomic E-state index is 2.18. The second-order valence-corrected chi connectivity index (χ2v) is 3.60. The van der Waals surface area contributed by atoms with Crippen molar-refractivity contribution < 1.29 is 0 Å². The summed E-state index contributed by atoms with van der Waals surface area (Å²) >= 11 is 1.72. The van der Waals surface area contributed by atoms with Crippen LogP contribution in [0.25, 0.3) is 0 Å². The summed E-state index contributed by atoms with van der Waals surface area (Å²) in [7, 11) is 0. The van der Waals surface area contributed by atoms with E-state index in [2.05, 4.69) is 47.3 Å². The normalized spacial score (nSPS) is 26.0. The minimum Gasteiger partial charge on any atom is -0.106 e. The van der Waals surface area contributed by atoms with Gasteiger partial charge in [-0.15, -0.1) is 11.8 Å². The summed E-state index contributed by atoms with van der Waals surface area (Å²) in [4.78, 5) is 0. The molecule has 12 heavy (non-hydrogen) atoms. The van der Waals surface area contributed by atoms with Gasteiger partial charge in [0.2, 0.25) is 0 Å². The Morgan fingerprint density at radius 2 is 1.50 bits per heavy atom. The van der Waals surface area contributed by atoms with E-state index < -0.39 is 0 Å². The summed E-state index contributed by atoms with van der Waals surface area (Å²) in [6, 6.07) is 0. The molecule has 0 aromatic heterocycles. The van der Waals surface area contributed by atoms with E-state index >= 15 is 0 Å². The van der Waals surface area contributed by atoms with Crippen molar-refractivity contribution in [1.82, 2.24) is 0 Å². The Kier molecular flexibility index (Phi) is 2.33. The molecule has 2 rings (SSSR count). The van der Waals surface area contributed by atoms with Gasteiger partial charge in [-0.25, -0.2) is 0 Å². The molecule has 0 fully saturated rings. The predicted molar refractivity (Wildman–Crippen MR) is 55.8 cm³/mol. The average molecular weight is 174 g/mol. The number of rotatable bonds is 0. The Morgan fingerprint density at radius 3 is 2.08 bits per heavy atom. The lowest BCUT2D eigenvalue weighted by molar-refractivity contribution is 1.22. The third-order valence-electron chi connectivity index (χ3n) is 1.86. The third-order valence-corrected chi connectivity index (χ3v) is 2.45. The first-order valence-corrected chi connectivity index (χ1v) is 4.94. The molecule has 0 aromatic rings. The second kappa shape index (κ2) is 3.63.